The topological polar surface area (TPSA) is 97.0 Å². The lowest BCUT2D eigenvalue weighted by atomic mass is 9.84. The summed E-state index contributed by atoms with van der Waals surface area (Å²) in [5, 5.41) is 5.86. The molecule has 2 heterocycles. The van der Waals surface area contributed by atoms with Gasteiger partial charge in [0.25, 0.3) is 5.91 Å². The van der Waals surface area contributed by atoms with Crippen LogP contribution >= 0.6 is 0 Å². The van der Waals surface area contributed by atoms with E-state index in [-0.39, 0.29) is 18.5 Å². The number of benzene rings is 2. The second-order valence-corrected chi connectivity index (χ2v) is 8.48. The van der Waals surface area contributed by atoms with Crippen LogP contribution in [-0.4, -0.2) is 43.0 Å². The molecule has 2 fully saturated rings. The van der Waals surface area contributed by atoms with Gasteiger partial charge in [0.05, 0.1) is 19.8 Å². The number of urea groups is 1. The minimum Gasteiger partial charge on any atom is -0.497 e. The van der Waals surface area contributed by atoms with Crippen molar-refractivity contribution in [1.82, 2.24) is 15.5 Å². The number of amides is 4. The van der Waals surface area contributed by atoms with Crippen molar-refractivity contribution in [1.29, 1.82) is 0 Å². The number of nitrogens with one attached hydrogen (secondary N) is 2. The molecule has 8 nitrogen and oxygen atoms in total. The molecule has 3 aliphatic rings. The maximum atomic E-state index is 13.4. The van der Waals surface area contributed by atoms with E-state index in [0.29, 0.717) is 30.3 Å². The number of carbonyl (C=O) groups excluding carboxylic acids is 3. The Morgan fingerprint density at radius 2 is 1.97 bits per heavy atom. The monoisotopic (exact) mass is 435 g/mol. The van der Waals surface area contributed by atoms with Gasteiger partial charge >= 0.3 is 6.03 Å². The number of carbonyl (C=O) groups is 3. The zero-order chi connectivity index (χ0) is 22.3. The fourth-order valence-electron chi connectivity index (χ4n) is 4.59. The van der Waals surface area contributed by atoms with Gasteiger partial charge in [-0.25, -0.2) is 4.79 Å². The highest BCUT2D eigenvalue weighted by Crippen LogP contribution is 2.42. The second kappa shape index (κ2) is 7.85. The number of rotatable bonds is 6. The zero-order valence-corrected chi connectivity index (χ0v) is 17.8. The molecule has 2 aromatic rings. The lowest BCUT2D eigenvalue weighted by molar-refractivity contribution is -0.136. The first-order valence-corrected chi connectivity index (χ1v) is 10.8. The molecular weight excluding hydrogens is 410 g/mol. The Bertz CT molecular complexity index is 1070. The standard InChI is InChI=1S/C24H25N3O5/c1-31-17-10-8-16(9-11-17)21(15-6-7-15)25-20(28)14-27-22(29)24(26-23(27)30)12-13-32-19-5-3-2-4-18(19)24/h2-5,8-11,15,21H,6-7,12-14H2,1H3,(H,25,28)(H,26,30). The number of ether oxygens (including phenoxy) is 2. The Morgan fingerprint density at radius 3 is 2.69 bits per heavy atom. The molecule has 2 aromatic carbocycles. The van der Waals surface area contributed by atoms with Gasteiger partial charge < -0.3 is 20.1 Å². The first kappa shape index (κ1) is 20.4. The number of fused-ring (bicyclic) bond motifs is 2. The van der Waals surface area contributed by atoms with Crippen LogP contribution in [0.1, 0.15) is 36.4 Å². The highest BCUT2D eigenvalue weighted by molar-refractivity contribution is 6.09. The van der Waals surface area contributed by atoms with Crippen molar-refractivity contribution in [3.8, 4) is 11.5 Å². The smallest absolute Gasteiger partial charge is 0.325 e. The molecule has 2 unspecified atom stereocenters. The predicted molar refractivity (Wildman–Crippen MR) is 115 cm³/mol. The van der Waals surface area contributed by atoms with Crippen molar-refractivity contribution in [2.45, 2.75) is 30.8 Å². The summed E-state index contributed by atoms with van der Waals surface area (Å²) < 4.78 is 10.9. The molecule has 2 N–H and O–H groups in total. The summed E-state index contributed by atoms with van der Waals surface area (Å²) in [7, 11) is 1.61. The highest BCUT2D eigenvalue weighted by Gasteiger charge is 2.55. The molecule has 0 bridgehead atoms. The minimum atomic E-state index is -1.18. The van der Waals surface area contributed by atoms with Gasteiger partial charge in [0.15, 0.2) is 5.54 Å². The summed E-state index contributed by atoms with van der Waals surface area (Å²) in [6, 6.07) is 14.1. The van der Waals surface area contributed by atoms with Crippen molar-refractivity contribution >= 4 is 17.8 Å². The molecule has 8 heteroatoms. The molecule has 166 valence electrons. The summed E-state index contributed by atoms with van der Waals surface area (Å²) >= 11 is 0. The third-order valence-corrected chi connectivity index (χ3v) is 6.44. The van der Waals surface area contributed by atoms with Crippen LogP contribution in [0.2, 0.25) is 0 Å². The van der Waals surface area contributed by atoms with E-state index in [1.54, 1.807) is 25.3 Å². The normalized spacial score (nSPS) is 22.7. The highest BCUT2D eigenvalue weighted by atomic mass is 16.5. The van der Waals surface area contributed by atoms with Gasteiger partial charge in [-0.2, -0.15) is 0 Å². The molecule has 2 aliphatic heterocycles. The van der Waals surface area contributed by atoms with Crippen LogP contribution < -0.4 is 20.1 Å². The van der Waals surface area contributed by atoms with E-state index in [1.807, 2.05) is 30.3 Å². The summed E-state index contributed by atoms with van der Waals surface area (Å²) in [6.07, 6.45) is 2.38. The summed E-state index contributed by atoms with van der Waals surface area (Å²) in [5.74, 6) is 0.895. The predicted octanol–water partition coefficient (Wildman–Crippen LogP) is 2.49. The largest absolute Gasteiger partial charge is 0.497 e. The number of imide groups is 1. The van der Waals surface area contributed by atoms with Gasteiger partial charge in [0.1, 0.15) is 18.0 Å². The first-order chi connectivity index (χ1) is 15.5. The van der Waals surface area contributed by atoms with Gasteiger partial charge in [-0.15, -0.1) is 0 Å². The third-order valence-electron chi connectivity index (χ3n) is 6.44. The fraction of sp³-hybridized carbons (Fsp3) is 0.375. The van der Waals surface area contributed by atoms with Crippen LogP contribution in [0.5, 0.6) is 11.5 Å². The number of para-hydroxylation sites is 1. The second-order valence-electron chi connectivity index (χ2n) is 8.48. The van der Waals surface area contributed by atoms with Gasteiger partial charge in [-0.1, -0.05) is 30.3 Å². The van der Waals surface area contributed by atoms with Crippen LogP contribution in [0.15, 0.2) is 48.5 Å². The molecule has 5 rings (SSSR count). The molecular formula is C24H25N3O5. The quantitative estimate of drug-likeness (QED) is 0.680. The molecule has 4 amide bonds. The first-order valence-electron chi connectivity index (χ1n) is 10.8. The Kier molecular flexibility index (Phi) is 5.00. The third kappa shape index (κ3) is 3.45. The van der Waals surface area contributed by atoms with Crippen molar-refractivity contribution in [2.24, 2.45) is 5.92 Å². The van der Waals surface area contributed by atoms with Crippen LogP contribution in [0, 0.1) is 5.92 Å². The summed E-state index contributed by atoms with van der Waals surface area (Å²) in [4.78, 5) is 40.0. The van der Waals surface area contributed by atoms with Gasteiger partial charge in [0.2, 0.25) is 5.91 Å². The number of methoxy groups -OCH3 is 1. The molecule has 1 spiro atoms. The van der Waals surface area contributed by atoms with Crippen LogP contribution in [0.3, 0.4) is 0 Å². The molecule has 32 heavy (non-hydrogen) atoms. The SMILES string of the molecule is COc1ccc(C(NC(=O)CN2C(=O)NC3(CCOc4ccccc43)C2=O)C2CC2)cc1. The summed E-state index contributed by atoms with van der Waals surface area (Å²) in [6.45, 7) is -0.0148. The average molecular weight is 435 g/mol. The van der Waals surface area contributed by atoms with Crippen LogP contribution in [0.25, 0.3) is 0 Å². The minimum absolute atomic E-state index is 0.160. The van der Waals surface area contributed by atoms with Crippen LogP contribution in [-0.2, 0) is 15.1 Å². The van der Waals surface area contributed by atoms with Crippen LogP contribution in [0.4, 0.5) is 4.79 Å². The molecule has 1 saturated carbocycles. The maximum Gasteiger partial charge on any atom is 0.325 e. The van der Waals surface area contributed by atoms with Crippen molar-refractivity contribution < 1.29 is 23.9 Å². The summed E-state index contributed by atoms with van der Waals surface area (Å²) in [5.41, 5.74) is 0.424. The van der Waals surface area contributed by atoms with E-state index in [1.165, 1.54) is 0 Å². The maximum absolute atomic E-state index is 13.4. The number of hydrogen-bond acceptors (Lipinski definition) is 5. The number of nitrogens with zero attached hydrogens (tertiary/aromatic N) is 1. The van der Waals surface area contributed by atoms with Gasteiger partial charge in [-0.3, -0.25) is 14.5 Å². The molecule has 0 radical (unpaired) electrons. The molecule has 1 saturated heterocycles. The Hall–Kier alpha value is -3.55. The Balaban J connectivity index is 1.32. The van der Waals surface area contributed by atoms with E-state index in [2.05, 4.69) is 10.6 Å². The van der Waals surface area contributed by atoms with Crippen molar-refractivity contribution in [3.05, 3.63) is 59.7 Å². The van der Waals surface area contributed by atoms with E-state index in [4.69, 9.17) is 9.47 Å². The lowest BCUT2D eigenvalue weighted by Crippen LogP contribution is -2.48. The van der Waals surface area contributed by atoms with Crippen molar-refractivity contribution in [3.63, 3.8) is 0 Å². The number of hydrogen-bond donors (Lipinski definition) is 2. The van der Waals surface area contributed by atoms with Crippen molar-refractivity contribution in [2.75, 3.05) is 20.3 Å². The van der Waals surface area contributed by atoms with E-state index in [9.17, 15) is 14.4 Å². The lowest BCUT2D eigenvalue weighted by Gasteiger charge is -2.33. The molecule has 0 aromatic heterocycles. The average Bonchev–Trinajstić information content (AvgIpc) is 3.63. The van der Waals surface area contributed by atoms with Gasteiger partial charge in [0, 0.05) is 12.0 Å². The zero-order valence-electron chi connectivity index (χ0n) is 17.8. The Morgan fingerprint density at radius 1 is 1.22 bits per heavy atom. The van der Waals surface area contributed by atoms with E-state index >= 15 is 0 Å². The fourth-order valence-corrected chi connectivity index (χ4v) is 4.59. The van der Waals surface area contributed by atoms with Gasteiger partial charge in [-0.05, 0) is 42.5 Å². The molecule has 2 atom stereocenters. The molecule has 1 aliphatic carbocycles. The van der Waals surface area contributed by atoms with E-state index in [0.717, 1.165) is 29.1 Å². The Labute approximate surface area is 185 Å². The van der Waals surface area contributed by atoms with E-state index < -0.39 is 17.5 Å².